The Morgan fingerprint density at radius 2 is 2.25 bits per heavy atom. The summed E-state index contributed by atoms with van der Waals surface area (Å²) in [5, 5.41) is 6.20. The number of hydrogen-bond donors (Lipinski definition) is 1. The lowest BCUT2D eigenvalue weighted by Gasteiger charge is -1.82. The third-order valence-corrected chi connectivity index (χ3v) is 0.976. The van der Waals surface area contributed by atoms with E-state index in [9.17, 15) is 8.42 Å². The Morgan fingerprint density at radius 3 is 2.38 bits per heavy atom. The van der Waals surface area contributed by atoms with E-state index in [1.54, 1.807) is 6.01 Å². The third-order valence-electron chi connectivity index (χ3n) is 0.378. The van der Waals surface area contributed by atoms with Crippen LogP contribution in [0.5, 0.6) is 0 Å². The highest BCUT2D eigenvalue weighted by molar-refractivity contribution is 7.90. The van der Waals surface area contributed by atoms with Crippen LogP contribution < -0.4 is 0 Å². The first-order valence-corrected chi connectivity index (χ1v) is 3.88. The Morgan fingerprint density at radius 1 is 1.75 bits per heavy atom. The maximum absolute atomic E-state index is 10.2. The summed E-state index contributed by atoms with van der Waals surface area (Å²) in [4.78, 5) is 3.07. The first-order valence-electron chi connectivity index (χ1n) is 1.82. The standard InChI is InChI=1S/C3H6N2O2S/c1-8(6,7)3-5-2-4/h4H,3H2,1H3. The molecular formula is C3H6N2O2S. The smallest absolute Gasteiger partial charge is 0.168 e. The van der Waals surface area contributed by atoms with Crippen LogP contribution in [0.25, 0.3) is 0 Å². The molecule has 0 aliphatic heterocycles. The van der Waals surface area contributed by atoms with Crippen molar-refractivity contribution in [3.63, 3.8) is 0 Å². The van der Waals surface area contributed by atoms with Gasteiger partial charge in [-0.1, -0.05) is 0 Å². The van der Waals surface area contributed by atoms with Gasteiger partial charge in [0.15, 0.2) is 15.7 Å². The minimum Gasteiger partial charge on any atom is -0.242 e. The molecular weight excluding hydrogens is 128 g/mol. The number of hydrogen-bond acceptors (Lipinski definition) is 4. The van der Waals surface area contributed by atoms with Crippen molar-refractivity contribution in [2.75, 3.05) is 12.1 Å². The fourth-order valence-corrected chi connectivity index (χ4v) is 0.449. The summed E-state index contributed by atoms with van der Waals surface area (Å²) in [5.74, 6) is -0.337. The summed E-state index contributed by atoms with van der Waals surface area (Å²) >= 11 is 0. The monoisotopic (exact) mass is 134 g/mol. The highest BCUT2D eigenvalue weighted by atomic mass is 32.2. The van der Waals surface area contributed by atoms with Crippen molar-refractivity contribution in [2.24, 2.45) is 4.99 Å². The van der Waals surface area contributed by atoms with E-state index in [2.05, 4.69) is 4.99 Å². The van der Waals surface area contributed by atoms with Crippen molar-refractivity contribution < 1.29 is 8.42 Å². The Hall–Kier alpha value is -0.670. The first-order chi connectivity index (χ1) is 3.56. The molecule has 5 heteroatoms. The fraction of sp³-hybridized carbons (Fsp3) is 0.667. The topological polar surface area (TPSA) is 70.3 Å². The second kappa shape index (κ2) is 2.59. The van der Waals surface area contributed by atoms with Crippen LogP contribution in [-0.2, 0) is 9.84 Å². The van der Waals surface area contributed by atoms with Crippen molar-refractivity contribution in [1.29, 1.82) is 5.41 Å². The highest BCUT2D eigenvalue weighted by Gasteiger charge is 1.95. The second-order valence-corrected chi connectivity index (χ2v) is 3.43. The molecule has 0 heterocycles. The average molecular weight is 134 g/mol. The fourth-order valence-electron chi connectivity index (χ4n) is 0.150. The summed E-state index contributed by atoms with van der Waals surface area (Å²) < 4.78 is 20.3. The van der Waals surface area contributed by atoms with Gasteiger partial charge in [-0.3, -0.25) is 0 Å². The Kier molecular flexibility index (Phi) is 2.37. The lowest BCUT2D eigenvalue weighted by atomic mass is 11.3. The van der Waals surface area contributed by atoms with Gasteiger partial charge in [0.25, 0.3) is 0 Å². The van der Waals surface area contributed by atoms with Gasteiger partial charge >= 0.3 is 0 Å². The van der Waals surface area contributed by atoms with E-state index in [1.807, 2.05) is 0 Å². The lowest BCUT2D eigenvalue weighted by Crippen LogP contribution is -1.98. The molecule has 0 aromatic carbocycles. The van der Waals surface area contributed by atoms with Crippen molar-refractivity contribution >= 4 is 15.8 Å². The molecule has 0 aliphatic carbocycles. The van der Waals surface area contributed by atoms with Gasteiger partial charge in [-0.25, -0.2) is 18.8 Å². The number of nitrogens with zero attached hydrogens (tertiary/aromatic N) is 1. The Labute approximate surface area is 47.7 Å². The maximum Gasteiger partial charge on any atom is 0.168 e. The molecule has 0 fully saturated rings. The van der Waals surface area contributed by atoms with Gasteiger partial charge in [0.05, 0.1) is 6.01 Å². The SMILES string of the molecule is CS(=O)(=O)CN=C=N. The van der Waals surface area contributed by atoms with E-state index in [-0.39, 0.29) is 5.88 Å². The third kappa shape index (κ3) is 5.33. The molecule has 0 saturated carbocycles. The van der Waals surface area contributed by atoms with Crippen molar-refractivity contribution in [1.82, 2.24) is 0 Å². The van der Waals surface area contributed by atoms with E-state index in [0.29, 0.717) is 0 Å². The quantitative estimate of drug-likeness (QED) is 0.528. The second-order valence-electron chi connectivity index (χ2n) is 1.32. The molecule has 0 aromatic heterocycles. The number of sulfone groups is 1. The summed E-state index contributed by atoms with van der Waals surface area (Å²) in [7, 11) is -3.04. The van der Waals surface area contributed by atoms with Crippen LogP contribution in [0, 0.1) is 5.41 Å². The van der Waals surface area contributed by atoms with Gasteiger partial charge in [0, 0.05) is 6.26 Å². The molecule has 46 valence electrons. The van der Waals surface area contributed by atoms with Gasteiger partial charge in [0.1, 0.15) is 0 Å². The number of aliphatic imine (C=N–C) groups is 1. The molecule has 0 unspecified atom stereocenters. The zero-order valence-corrected chi connectivity index (χ0v) is 5.20. The van der Waals surface area contributed by atoms with Crippen LogP contribution in [0.1, 0.15) is 0 Å². The van der Waals surface area contributed by atoms with Crippen LogP contribution in [0.4, 0.5) is 0 Å². The Balaban J connectivity index is 3.94. The molecule has 1 N–H and O–H groups in total. The summed E-state index contributed by atoms with van der Waals surface area (Å²) in [6.07, 6.45) is 1.05. The number of nitrogens with one attached hydrogen (secondary N) is 1. The van der Waals surface area contributed by atoms with Gasteiger partial charge < -0.3 is 0 Å². The molecule has 0 aromatic rings. The van der Waals surface area contributed by atoms with E-state index in [1.165, 1.54) is 0 Å². The van der Waals surface area contributed by atoms with Gasteiger partial charge in [0.2, 0.25) is 0 Å². The van der Waals surface area contributed by atoms with Crippen LogP contribution in [-0.4, -0.2) is 26.6 Å². The van der Waals surface area contributed by atoms with Crippen LogP contribution >= 0.6 is 0 Å². The minimum absolute atomic E-state index is 0.337. The normalized spacial score (nSPS) is 10.1. The molecule has 0 spiro atoms. The molecule has 8 heavy (non-hydrogen) atoms. The van der Waals surface area contributed by atoms with E-state index >= 15 is 0 Å². The van der Waals surface area contributed by atoms with Gasteiger partial charge in [-0.2, -0.15) is 0 Å². The average Bonchev–Trinajstić information content (AvgIpc) is 1.59. The summed E-state index contributed by atoms with van der Waals surface area (Å²) in [6.45, 7) is 0. The van der Waals surface area contributed by atoms with Crippen molar-refractivity contribution in [3.05, 3.63) is 0 Å². The number of rotatable bonds is 2. The maximum atomic E-state index is 10.2. The largest absolute Gasteiger partial charge is 0.242 e. The van der Waals surface area contributed by atoms with Crippen molar-refractivity contribution in [2.45, 2.75) is 0 Å². The molecule has 0 aliphatic rings. The molecule has 0 rings (SSSR count). The molecule has 0 atom stereocenters. The highest BCUT2D eigenvalue weighted by Crippen LogP contribution is 1.79. The zero-order valence-electron chi connectivity index (χ0n) is 4.38. The van der Waals surface area contributed by atoms with Crippen LogP contribution in [0.15, 0.2) is 4.99 Å². The molecule has 0 amide bonds. The van der Waals surface area contributed by atoms with E-state index in [4.69, 9.17) is 5.41 Å². The van der Waals surface area contributed by atoms with E-state index in [0.717, 1.165) is 6.26 Å². The van der Waals surface area contributed by atoms with Crippen molar-refractivity contribution in [3.8, 4) is 0 Å². The molecule has 0 saturated heterocycles. The predicted octanol–water partition coefficient (Wildman–Crippen LogP) is -0.259. The first kappa shape index (κ1) is 7.33. The van der Waals surface area contributed by atoms with E-state index < -0.39 is 9.84 Å². The summed E-state index contributed by atoms with van der Waals surface area (Å²) in [6, 6.07) is 1.62. The molecule has 4 nitrogen and oxygen atoms in total. The lowest BCUT2D eigenvalue weighted by molar-refractivity contribution is 0.602. The minimum atomic E-state index is -3.04. The molecule has 0 bridgehead atoms. The summed E-state index contributed by atoms with van der Waals surface area (Å²) in [5.41, 5.74) is 0. The molecule has 0 radical (unpaired) electrons. The predicted molar refractivity (Wildman–Crippen MR) is 29.9 cm³/mol. The van der Waals surface area contributed by atoms with Crippen LogP contribution in [0.2, 0.25) is 0 Å². The van der Waals surface area contributed by atoms with Crippen LogP contribution in [0.3, 0.4) is 0 Å². The van der Waals surface area contributed by atoms with Gasteiger partial charge in [-0.05, 0) is 0 Å². The van der Waals surface area contributed by atoms with Gasteiger partial charge in [-0.15, -0.1) is 0 Å². The Bertz CT molecular complexity index is 199. The zero-order chi connectivity index (χ0) is 6.62.